The molecule has 0 saturated heterocycles. The Balaban J connectivity index is 0.000000147. The van der Waals surface area contributed by atoms with Crippen LogP contribution >= 0.6 is 0 Å². The molecule has 0 atom stereocenters. The standard InChI is InChI=1S/C66H48N2O.C48H30F2N2O/c1-65(2)57-27-15-13-23-47(57)49-33-30-43(36-59(49)65)67(41-18-7-5-8-19-41)45-32-35-52-56-39-54-46-22-11-12-25-51(46)61(40-55(54)53-26-17-29-62(64(53)56)69-63(52)38-45)68(42-20-9-6-10-21-42)44-31-34-50-48-24-14-16-28-58(48)66(3,4)60(50)37-44;49-41-21-9-11-23-43(41)51(31-14-3-1-4-15-31)33-26-27-36-40-29-38-34-18-7-8-19-35(34)45(30-39(38)37-20-13-25-46(48(37)40)53-47(36)28-33)52(32-16-5-2-6-17-32)44-24-12-10-22-42(44)50/h5-40H,1-4H3;1-30H. The highest BCUT2D eigenvalue weighted by atomic mass is 19.1. The van der Waals surface area contributed by atoms with Gasteiger partial charge in [0, 0.05) is 101 Å². The van der Waals surface area contributed by atoms with E-state index in [1.54, 1.807) is 18.2 Å². The third-order valence-corrected chi connectivity index (χ3v) is 25.7. The molecule has 0 radical (unpaired) electrons. The summed E-state index contributed by atoms with van der Waals surface area (Å²) >= 11 is 0. The van der Waals surface area contributed by atoms with Crippen molar-refractivity contribution in [3.63, 3.8) is 0 Å². The number of hydrogen-bond acceptors (Lipinski definition) is 6. The molecule has 0 bridgehead atoms. The van der Waals surface area contributed by atoms with E-state index in [2.05, 4.69) is 298 Å². The number of fused-ring (bicyclic) bond motifs is 18. The third kappa shape index (κ3) is 11.3. The zero-order chi connectivity index (χ0) is 81.6. The molecule has 580 valence electrons. The molecule has 0 amide bonds. The predicted octanol–water partition coefficient (Wildman–Crippen LogP) is 32.6. The van der Waals surface area contributed by atoms with Crippen LogP contribution in [0.25, 0.3) is 109 Å². The van der Waals surface area contributed by atoms with Gasteiger partial charge in [-0.1, -0.05) is 258 Å². The lowest BCUT2D eigenvalue weighted by Crippen LogP contribution is -2.16. The molecular weight excluding hydrogens is 1500 g/mol. The molecule has 0 spiro atoms. The fraction of sp³-hybridized carbons (Fsp3) is 0.0526. The van der Waals surface area contributed by atoms with Crippen LogP contribution in [-0.2, 0) is 10.8 Å². The largest absolute Gasteiger partial charge is 0.456 e. The Morgan fingerprint density at radius 1 is 0.189 bits per heavy atom. The van der Waals surface area contributed by atoms with Crippen molar-refractivity contribution in [1.82, 2.24) is 0 Å². The minimum atomic E-state index is -0.316. The molecule has 6 nitrogen and oxygen atoms in total. The first-order valence-electron chi connectivity index (χ1n) is 41.7. The Morgan fingerprint density at radius 2 is 0.500 bits per heavy atom. The summed E-state index contributed by atoms with van der Waals surface area (Å²) < 4.78 is 44.9. The van der Waals surface area contributed by atoms with E-state index >= 15 is 8.78 Å². The number of ether oxygens (including phenoxy) is 2. The Bertz CT molecular complexity index is 7700. The average molecular weight is 1570 g/mol. The average Bonchev–Trinajstić information content (AvgIpc) is 0.948. The van der Waals surface area contributed by atoms with E-state index in [4.69, 9.17) is 9.47 Å². The number of nitrogens with zero attached hydrogens (tertiary/aromatic N) is 4. The minimum Gasteiger partial charge on any atom is -0.456 e. The maximum absolute atomic E-state index is 15.7. The first-order valence-corrected chi connectivity index (χ1v) is 41.7. The maximum atomic E-state index is 15.7. The monoisotopic (exact) mass is 1570 g/mol. The summed E-state index contributed by atoms with van der Waals surface area (Å²) in [7, 11) is 0. The van der Waals surface area contributed by atoms with Crippen LogP contribution in [0.15, 0.2) is 400 Å². The zero-order valence-electron chi connectivity index (χ0n) is 67.5. The highest BCUT2D eigenvalue weighted by Crippen LogP contribution is 2.59. The second-order valence-electron chi connectivity index (χ2n) is 33.2. The second kappa shape index (κ2) is 28.2. The Hall–Kier alpha value is -15.4. The molecule has 2 aliphatic carbocycles. The number of para-hydroxylation sites is 6. The highest BCUT2D eigenvalue weighted by molar-refractivity contribution is 6.28. The van der Waals surface area contributed by atoms with Crippen molar-refractivity contribution in [1.29, 1.82) is 0 Å². The highest BCUT2D eigenvalue weighted by Gasteiger charge is 2.39. The lowest BCUT2D eigenvalue weighted by atomic mass is 9.82. The van der Waals surface area contributed by atoms with Gasteiger partial charge in [-0.2, -0.15) is 0 Å². The topological polar surface area (TPSA) is 31.4 Å². The molecule has 24 rings (SSSR count). The van der Waals surface area contributed by atoms with Gasteiger partial charge in [-0.15, -0.1) is 0 Å². The summed E-state index contributed by atoms with van der Waals surface area (Å²) in [6, 6.07) is 139. The van der Waals surface area contributed by atoms with Crippen molar-refractivity contribution in [2.24, 2.45) is 0 Å². The number of halogens is 2. The van der Waals surface area contributed by atoms with Crippen LogP contribution < -0.4 is 29.1 Å². The molecule has 20 aromatic rings. The van der Waals surface area contributed by atoms with Gasteiger partial charge >= 0.3 is 0 Å². The van der Waals surface area contributed by atoms with Crippen molar-refractivity contribution < 1.29 is 18.3 Å². The summed E-state index contributed by atoms with van der Waals surface area (Å²) in [5.74, 6) is 2.53. The van der Waals surface area contributed by atoms with E-state index in [0.717, 1.165) is 129 Å². The van der Waals surface area contributed by atoms with Crippen molar-refractivity contribution >= 4 is 133 Å². The predicted molar refractivity (Wildman–Crippen MR) is 503 cm³/mol. The number of hydrogen-bond donors (Lipinski definition) is 0. The van der Waals surface area contributed by atoms with Gasteiger partial charge in [0.05, 0.1) is 22.7 Å². The molecule has 2 aliphatic heterocycles. The number of rotatable bonds is 12. The Morgan fingerprint density at radius 3 is 0.951 bits per heavy atom. The van der Waals surface area contributed by atoms with Crippen LogP contribution in [0.3, 0.4) is 0 Å². The normalized spacial score (nSPS) is 13.1. The van der Waals surface area contributed by atoms with Gasteiger partial charge in [0.2, 0.25) is 0 Å². The van der Waals surface area contributed by atoms with Crippen LogP contribution in [0.5, 0.6) is 23.0 Å². The van der Waals surface area contributed by atoms with E-state index in [1.807, 2.05) is 119 Å². The molecule has 8 heteroatoms. The van der Waals surface area contributed by atoms with Crippen molar-refractivity contribution in [2.45, 2.75) is 38.5 Å². The molecule has 0 aromatic heterocycles. The van der Waals surface area contributed by atoms with Crippen molar-refractivity contribution in [2.75, 3.05) is 19.6 Å². The van der Waals surface area contributed by atoms with Crippen molar-refractivity contribution in [3.05, 3.63) is 434 Å². The summed E-state index contributed by atoms with van der Waals surface area (Å²) in [5.41, 5.74) is 25.7. The summed E-state index contributed by atoms with van der Waals surface area (Å²) in [6.45, 7) is 9.42. The van der Waals surface area contributed by atoms with Gasteiger partial charge in [-0.25, -0.2) is 8.78 Å². The van der Waals surface area contributed by atoms with Gasteiger partial charge in [0.1, 0.15) is 34.6 Å². The summed E-state index contributed by atoms with van der Waals surface area (Å²) in [6.07, 6.45) is 0. The molecule has 0 unspecified atom stereocenters. The quantitative estimate of drug-likeness (QED) is 0.113. The van der Waals surface area contributed by atoms with E-state index < -0.39 is 0 Å². The summed E-state index contributed by atoms with van der Waals surface area (Å²) in [5, 5.41) is 13.4. The SMILES string of the molecule is CC1(C)c2ccccc2-c2ccc(N(c3ccccc3)c3ccc4c(c3)Oc3cccc5c3c-4cc3c4ccccc4c(N(c4ccccc4)c4ccc6c(c4)C(C)(C)c4ccccc4-6)cc53)cc21.Fc1ccccc1N(c1ccccc1)c1ccc2c(c1)Oc1cccc3c1c-2cc1c2ccccc2c(N(c2ccccc2)c2ccccc2F)cc31. The van der Waals surface area contributed by atoms with Crippen LogP contribution in [0.1, 0.15) is 49.9 Å². The number of anilines is 12. The first-order chi connectivity index (χ1) is 59.9. The third-order valence-electron chi connectivity index (χ3n) is 25.7. The van der Waals surface area contributed by atoms with E-state index in [-0.39, 0.29) is 22.5 Å². The first kappa shape index (κ1) is 71.9. The van der Waals surface area contributed by atoms with Gasteiger partial charge in [0.15, 0.2) is 0 Å². The van der Waals surface area contributed by atoms with Gasteiger partial charge in [-0.05, 0) is 256 Å². The molecule has 0 fully saturated rings. The minimum absolute atomic E-state index is 0.120. The lowest BCUT2D eigenvalue weighted by molar-refractivity contribution is 0.487. The van der Waals surface area contributed by atoms with Gasteiger partial charge < -0.3 is 29.1 Å². The Kier molecular flexibility index (Phi) is 16.6. The fourth-order valence-corrected chi connectivity index (χ4v) is 20.1. The molecule has 2 heterocycles. The zero-order valence-corrected chi connectivity index (χ0v) is 67.5. The van der Waals surface area contributed by atoms with Crippen LogP contribution in [-0.4, -0.2) is 0 Å². The van der Waals surface area contributed by atoms with E-state index in [1.165, 1.54) is 89.1 Å². The molecular formula is C114H78F2N4O2. The van der Waals surface area contributed by atoms with Crippen LogP contribution in [0.2, 0.25) is 0 Å². The molecule has 0 N–H and O–H groups in total. The van der Waals surface area contributed by atoms with Gasteiger partial charge in [-0.3, -0.25) is 0 Å². The maximum Gasteiger partial charge on any atom is 0.147 e. The van der Waals surface area contributed by atoms with Crippen LogP contribution in [0.4, 0.5) is 77.0 Å². The van der Waals surface area contributed by atoms with E-state index in [0.29, 0.717) is 17.1 Å². The fourth-order valence-electron chi connectivity index (χ4n) is 20.1. The van der Waals surface area contributed by atoms with Gasteiger partial charge in [0.25, 0.3) is 0 Å². The molecule has 20 aromatic carbocycles. The smallest absolute Gasteiger partial charge is 0.147 e. The second-order valence-corrected chi connectivity index (χ2v) is 33.2. The van der Waals surface area contributed by atoms with Crippen molar-refractivity contribution in [3.8, 4) is 67.5 Å². The Labute approximate surface area is 706 Å². The summed E-state index contributed by atoms with van der Waals surface area (Å²) in [4.78, 5) is 8.75. The number of benzene rings is 20. The lowest BCUT2D eigenvalue weighted by Gasteiger charge is -2.30. The van der Waals surface area contributed by atoms with E-state index in [9.17, 15) is 0 Å². The molecule has 0 saturated carbocycles. The molecule has 122 heavy (non-hydrogen) atoms. The van der Waals surface area contributed by atoms with Crippen LogP contribution in [0, 0.1) is 11.6 Å². The molecule has 4 aliphatic rings.